The molecule has 22 heavy (non-hydrogen) atoms. The molecule has 6 heteroatoms. The van der Waals surface area contributed by atoms with E-state index >= 15 is 0 Å². The topological polar surface area (TPSA) is 80.3 Å². The van der Waals surface area contributed by atoms with Crippen molar-refractivity contribution in [1.29, 1.82) is 0 Å². The smallest absolute Gasteiger partial charge is 0.266 e. The number of fused-ring (bicyclic) bond motifs is 1. The Morgan fingerprint density at radius 1 is 1.32 bits per heavy atom. The largest absolute Gasteiger partial charge is 0.478 e. The molecule has 2 amide bonds. The first-order chi connectivity index (χ1) is 10.6. The van der Waals surface area contributed by atoms with Gasteiger partial charge in [-0.3, -0.25) is 14.6 Å². The van der Waals surface area contributed by atoms with Crippen LogP contribution in [0.15, 0.2) is 42.7 Å². The van der Waals surface area contributed by atoms with E-state index in [-0.39, 0.29) is 18.2 Å². The second kappa shape index (κ2) is 5.85. The molecule has 0 saturated heterocycles. The maximum absolute atomic E-state index is 12.0. The van der Waals surface area contributed by atoms with Gasteiger partial charge in [-0.1, -0.05) is 6.07 Å². The van der Waals surface area contributed by atoms with Crippen molar-refractivity contribution < 1.29 is 14.3 Å². The van der Waals surface area contributed by atoms with Gasteiger partial charge in [0.15, 0.2) is 6.10 Å². The van der Waals surface area contributed by atoms with Crippen molar-refractivity contribution in [2.45, 2.75) is 19.4 Å². The molecule has 0 bridgehead atoms. The van der Waals surface area contributed by atoms with Gasteiger partial charge in [0.05, 0.1) is 12.1 Å². The third kappa shape index (κ3) is 3.06. The van der Waals surface area contributed by atoms with Gasteiger partial charge in [0, 0.05) is 18.1 Å². The van der Waals surface area contributed by atoms with Crippen LogP contribution in [0.3, 0.4) is 0 Å². The van der Waals surface area contributed by atoms with E-state index in [2.05, 4.69) is 15.6 Å². The summed E-state index contributed by atoms with van der Waals surface area (Å²) in [5.41, 5.74) is 2.29. The number of aromatic nitrogens is 1. The van der Waals surface area contributed by atoms with Gasteiger partial charge in [-0.25, -0.2) is 0 Å². The Balaban J connectivity index is 1.67. The van der Waals surface area contributed by atoms with Gasteiger partial charge >= 0.3 is 0 Å². The number of hydrogen-bond acceptors (Lipinski definition) is 4. The third-order valence-electron chi connectivity index (χ3n) is 3.29. The normalized spacial score (nSPS) is 16.2. The van der Waals surface area contributed by atoms with Crippen LogP contribution in [0.25, 0.3) is 0 Å². The highest BCUT2D eigenvalue weighted by molar-refractivity contribution is 6.02. The van der Waals surface area contributed by atoms with E-state index in [1.54, 1.807) is 30.6 Å². The van der Waals surface area contributed by atoms with E-state index in [9.17, 15) is 9.59 Å². The van der Waals surface area contributed by atoms with E-state index in [4.69, 9.17) is 4.74 Å². The number of hydrogen-bond donors (Lipinski definition) is 2. The lowest BCUT2D eigenvalue weighted by molar-refractivity contribution is -0.128. The molecule has 2 heterocycles. The lowest BCUT2D eigenvalue weighted by Crippen LogP contribution is -2.39. The van der Waals surface area contributed by atoms with E-state index in [1.807, 2.05) is 19.1 Å². The average molecular weight is 297 g/mol. The van der Waals surface area contributed by atoms with Crippen LogP contribution in [-0.4, -0.2) is 22.9 Å². The zero-order valence-electron chi connectivity index (χ0n) is 12.0. The number of nitrogens with one attached hydrogen (secondary N) is 2. The molecule has 112 valence electrons. The molecule has 0 spiro atoms. The maximum atomic E-state index is 12.0. The van der Waals surface area contributed by atoms with Crippen molar-refractivity contribution in [3.8, 4) is 5.75 Å². The lowest BCUT2D eigenvalue weighted by Gasteiger charge is -2.25. The van der Waals surface area contributed by atoms with Gasteiger partial charge in [-0.05, 0) is 36.8 Å². The summed E-state index contributed by atoms with van der Waals surface area (Å²) < 4.78 is 5.62. The second-order valence-corrected chi connectivity index (χ2v) is 5.08. The lowest BCUT2D eigenvalue weighted by atomic mass is 10.1. The number of benzene rings is 1. The highest BCUT2D eigenvalue weighted by Crippen LogP contribution is 2.31. The Morgan fingerprint density at radius 3 is 2.86 bits per heavy atom. The first-order valence-electron chi connectivity index (χ1n) is 6.90. The van der Waals surface area contributed by atoms with E-state index in [0.29, 0.717) is 17.1 Å². The molecule has 0 radical (unpaired) electrons. The molecular weight excluding hydrogens is 282 g/mol. The van der Waals surface area contributed by atoms with Crippen molar-refractivity contribution in [2.24, 2.45) is 0 Å². The van der Waals surface area contributed by atoms with Crippen LogP contribution < -0.4 is 15.4 Å². The molecule has 6 nitrogen and oxygen atoms in total. The molecule has 1 atom stereocenters. The Bertz CT molecular complexity index is 716. The monoisotopic (exact) mass is 297 g/mol. The molecule has 1 unspecified atom stereocenters. The Labute approximate surface area is 127 Å². The highest BCUT2D eigenvalue weighted by atomic mass is 16.5. The number of rotatable bonds is 3. The standard InChI is InChI=1S/C16H15N3O3/c1-10-2-3-13-12(8-10)19-16(21)14(22-13)9-15(20)18-11-4-6-17-7-5-11/h2-8,14H,9H2,1H3,(H,19,21)(H,17,18,20). The fraction of sp³-hybridized carbons (Fsp3) is 0.188. The summed E-state index contributed by atoms with van der Waals surface area (Å²) in [6.45, 7) is 1.93. The second-order valence-electron chi connectivity index (χ2n) is 5.08. The molecular formula is C16H15N3O3. The molecule has 0 aliphatic carbocycles. The molecule has 3 rings (SSSR count). The summed E-state index contributed by atoms with van der Waals surface area (Å²) >= 11 is 0. The first kappa shape index (κ1) is 14.1. The fourth-order valence-corrected chi connectivity index (χ4v) is 2.21. The number of ether oxygens (including phenoxy) is 1. The molecule has 2 N–H and O–H groups in total. The van der Waals surface area contributed by atoms with Crippen LogP contribution in [0.2, 0.25) is 0 Å². The predicted octanol–water partition coefficient (Wildman–Crippen LogP) is 2.12. The highest BCUT2D eigenvalue weighted by Gasteiger charge is 2.29. The van der Waals surface area contributed by atoms with Crippen LogP contribution in [0.5, 0.6) is 5.75 Å². The van der Waals surface area contributed by atoms with E-state index in [1.165, 1.54) is 0 Å². The number of aryl methyl sites for hydroxylation is 1. The number of carbonyl (C=O) groups is 2. The first-order valence-corrected chi connectivity index (χ1v) is 6.90. The van der Waals surface area contributed by atoms with Crippen LogP contribution in [0, 0.1) is 6.92 Å². The quantitative estimate of drug-likeness (QED) is 0.909. The number of anilines is 2. The van der Waals surface area contributed by atoms with Gasteiger partial charge in [0.25, 0.3) is 5.91 Å². The molecule has 1 aliphatic rings. The third-order valence-corrected chi connectivity index (χ3v) is 3.29. The Kier molecular flexibility index (Phi) is 3.74. The fourth-order valence-electron chi connectivity index (χ4n) is 2.21. The SMILES string of the molecule is Cc1ccc2c(c1)NC(=O)C(CC(=O)Nc1ccncc1)O2. The number of amides is 2. The Hall–Kier alpha value is -2.89. The van der Waals surface area contributed by atoms with Crippen LogP contribution in [0.4, 0.5) is 11.4 Å². The molecule has 1 aromatic carbocycles. The van der Waals surface area contributed by atoms with Gasteiger partial charge in [-0.15, -0.1) is 0 Å². The summed E-state index contributed by atoms with van der Waals surface area (Å²) in [5, 5.41) is 5.47. The maximum Gasteiger partial charge on any atom is 0.266 e. The minimum absolute atomic E-state index is 0.0541. The molecule has 1 aromatic heterocycles. The molecule has 2 aromatic rings. The molecule has 1 aliphatic heterocycles. The van der Waals surface area contributed by atoms with Crippen molar-refractivity contribution in [1.82, 2.24) is 4.98 Å². The summed E-state index contributed by atoms with van der Waals surface area (Å²) in [6.07, 6.45) is 2.27. The molecule has 0 fully saturated rings. The van der Waals surface area contributed by atoms with Crippen LogP contribution in [-0.2, 0) is 9.59 Å². The molecule has 0 saturated carbocycles. The number of nitrogens with zero attached hydrogens (tertiary/aromatic N) is 1. The minimum atomic E-state index is -0.836. The van der Waals surface area contributed by atoms with Gasteiger partial charge in [-0.2, -0.15) is 0 Å². The van der Waals surface area contributed by atoms with Crippen molar-refractivity contribution in [3.05, 3.63) is 48.3 Å². The average Bonchev–Trinajstić information content (AvgIpc) is 2.49. The predicted molar refractivity (Wildman–Crippen MR) is 81.7 cm³/mol. The van der Waals surface area contributed by atoms with Crippen LogP contribution >= 0.6 is 0 Å². The van der Waals surface area contributed by atoms with E-state index < -0.39 is 6.10 Å². The summed E-state index contributed by atoms with van der Waals surface area (Å²) in [4.78, 5) is 27.9. The summed E-state index contributed by atoms with van der Waals surface area (Å²) in [6, 6.07) is 8.87. The summed E-state index contributed by atoms with van der Waals surface area (Å²) in [7, 11) is 0. The number of pyridine rings is 1. The zero-order chi connectivity index (χ0) is 15.5. The van der Waals surface area contributed by atoms with Gasteiger partial charge < -0.3 is 15.4 Å². The van der Waals surface area contributed by atoms with Crippen molar-refractivity contribution >= 4 is 23.2 Å². The van der Waals surface area contributed by atoms with Gasteiger partial charge in [0.1, 0.15) is 5.75 Å². The zero-order valence-corrected chi connectivity index (χ0v) is 12.0. The number of carbonyl (C=O) groups excluding carboxylic acids is 2. The van der Waals surface area contributed by atoms with E-state index in [0.717, 1.165) is 5.56 Å². The van der Waals surface area contributed by atoms with Crippen molar-refractivity contribution in [3.63, 3.8) is 0 Å². The van der Waals surface area contributed by atoms with Gasteiger partial charge in [0.2, 0.25) is 5.91 Å². The minimum Gasteiger partial charge on any atom is -0.478 e. The Morgan fingerprint density at radius 2 is 2.09 bits per heavy atom. The van der Waals surface area contributed by atoms with Crippen LogP contribution in [0.1, 0.15) is 12.0 Å². The summed E-state index contributed by atoms with van der Waals surface area (Å²) in [5.74, 6) is -0.0307. The van der Waals surface area contributed by atoms with Crippen molar-refractivity contribution in [2.75, 3.05) is 10.6 Å².